The molecule has 4 nitrogen and oxygen atoms in total. The van der Waals surface area contributed by atoms with Gasteiger partial charge in [0.15, 0.2) is 0 Å². The van der Waals surface area contributed by atoms with E-state index in [1.54, 1.807) is 0 Å². The maximum Gasteiger partial charge on any atom is 0.319 e. The Morgan fingerprint density at radius 3 is 2.61 bits per heavy atom. The number of benzene rings is 1. The van der Waals surface area contributed by atoms with Gasteiger partial charge in [-0.1, -0.05) is 6.07 Å². The maximum atomic E-state index is 12.2. The first-order valence-corrected chi connectivity index (χ1v) is 8.99. The minimum absolute atomic E-state index is 0.0809. The molecule has 0 aliphatic heterocycles. The normalized spacial score (nSPS) is 32.2. The van der Waals surface area contributed by atoms with Crippen LogP contribution in [0.5, 0.6) is 0 Å². The van der Waals surface area contributed by atoms with Gasteiger partial charge >= 0.3 is 6.03 Å². The first-order chi connectivity index (χ1) is 11.1. The predicted molar refractivity (Wildman–Crippen MR) is 90.6 cm³/mol. The Balaban J connectivity index is 1.27. The Hall–Kier alpha value is -1.55. The zero-order valence-corrected chi connectivity index (χ0v) is 13.6. The van der Waals surface area contributed by atoms with Crippen LogP contribution < -0.4 is 10.6 Å². The van der Waals surface area contributed by atoms with Crippen molar-refractivity contribution in [3.63, 3.8) is 0 Å². The van der Waals surface area contributed by atoms with Gasteiger partial charge in [-0.05, 0) is 86.5 Å². The van der Waals surface area contributed by atoms with Crippen molar-refractivity contribution in [2.24, 2.45) is 5.41 Å². The molecule has 124 valence electrons. The fourth-order valence-electron chi connectivity index (χ4n) is 4.72. The van der Waals surface area contributed by atoms with Crippen LogP contribution in [0.3, 0.4) is 0 Å². The summed E-state index contributed by atoms with van der Waals surface area (Å²) >= 11 is 0. The van der Waals surface area contributed by atoms with E-state index in [1.165, 1.54) is 24.0 Å². The summed E-state index contributed by atoms with van der Waals surface area (Å²) in [6.07, 6.45) is 9.69. The third-order valence-electron chi connectivity index (χ3n) is 6.08. The highest BCUT2D eigenvalue weighted by atomic mass is 16.3. The predicted octanol–water partition coefficient (Wildman–Crippen LogP) is 3.38. The highest BCUT2D eigenvalue weighted by molar-refractivity contribution is 5.89. The minimum Gasteiger partial charge on any atom is -0.393 e. The van der Waals surface area contributed by atoms with Crippen LogP contribution in [-0.2, 0) is 12.8 Å². The van der Waals surface area contributed by atoms with Gasteiger partial charge in [-0.3, -0.25) is 0 Å². The van der Waals surface area contributed by atoms with E-state index in [0.29, 0.717) is 5.41 Å². The average Bonchev–Trinajstić information content (AvgIpc) is 2.95. The molecule has 23 heavy (non-hydrogen) atoms. The Morgan fingerprint density at radius 1 is 1.13 bits per heavy atom. The van der Waals surface area contributed by atoms with E-state index in [1.807, 2.05) is 6.07 Å². The number of anilines is 1. The molecule has 0 atom stereocenters. The number of carbonyl (C=O) groups is 1. The molecule has 0 radical (unpaired) electrons. The molecule has 0 unspecified atom stereocenters. The lowest BCUT2D eigenvalue weighted by molar-refractivity contribution is -0.0575. The van der Waals surface area contributed by atoms with Crippen LogP contribution in [0, 0.1) is 5.41 Å². The summed E-state index contributed by atoms with van der Waals surface area (Å²) in [5.74, 6) is 0. The molecule has 2 amide bonds. The van der Waals surface area contributed by atoms with E-state index >= 15 is 0 Å². The third kappa shape index (κ3) is 3.09. The molecule has 0 bridgehead atoms. The number of aliphatic hydroxyl groups excluding tert-OH is 1. The number of urea groups is 1. The molecule has 1 aromatic rings. The summed E-state index contributed by atoms with van der Waals surface area (Å²) in [4.78, 5) is 12.2. The quantitative estimate of drug-likeness (QED) is 0.783. The summed E-state index contributed by atoms with van der Waals surface area (Å²) in [5, 5.41) is 15.6. The lowest BCUT2D eigenvalue weighted by Crippen LogP contribution is -2.48. The number of aliphatic hydroxyl groups is 1. The first-order valence-electron chi connectivity index (χ1n) is 8.99. The van der Waals surface area contributed by atoms with Crippen molar-refractivity contribution in [2.75, 3.05) is 5.32 Å². The Labute approximate surface area is 137 Å². The van der Waals surface area contributed by atoms with E-state index in [2.05, 4.69) is 22.8 Å². The standard InChI is InChI=1S/C19H26N2O2/c22-17-11-19(12-17)8-6-15(7-9-19)20-18(23)21-16-5-4-13-2-1-3-14(13)10-16/h4-5,10,15,17,22H,1-3,6-9,11-12H2,(H2,20,21,23). The van der Waals surface area contributed by atoms with E-state index in [4.69, 9.17) is 0 Å². The molecular weight excluding hydrogens is 288 g/mol. The van der Waals surface area contributed by atoms with Crippen LogP contribution in [0.2, 0.25) is 0 Å². The number of fused-ring (bicyclic) bond motifs is 1. The van der Waals surface area contributed by atoms with Gasteiger partial charge in [-0.25, -0.2) is 4.79 Å². The number of hydrogen-bond donors (Lipinski definition) is 3. The van der Waals surface area contributed by atoms with Gasteiger partial charge < -0.3 is 15.7 Å². The molecule has 4 rings (SSSR count). The lowest BCUT2D eigenvalue weighted by Gasteiger charge is -2.49. The number of rotatable bonds is 2. The summed E-state index contributed by atoms with van der Waals surface area (Å²) in [6, 6.07) is 6.46. The van der Waals surface area contributed by atoms with Gasteiger partial charge in [-0.2, -0.15) is 0 Å². The van der Waals surface area contributed by atoms with Crippen molar-refractivity contribution in [1.29, 1.82) is 0 Å². The second-order valence-electron chi connectivity index (χ2n) is 7.77. The van der Waals surface area contributed by atoms with Crippen LogP contribution in [0.1, 0.15) is 56.1 Å². The van der Waals surface area contributed by atoms with Crippen molar-refractivity contribution in [2.45, 2.75) is 69.9 Å². The van der Waals surface area contributed by atoms with Crippen LogP contribution >= 0.6 is 0 Å². The lowest BCUT2D eigenvalue weighted by atomic mass is 9.59. The molecule has 3 aliphatic carbocycles. The molecular formula is C19H26N2O2. The molecule has 0 heterocycles. The fraction of sp³-hybridized carbons (Fsp3) is 0.632. The van der Waals surface area contributed by atoms with Gasteiger partial charge in [-0.15, -0.1) is 0 Å². The fourth-order valence-corrected chi connectivity index (χ4v) is 4.72. The minimum atomic E-state index is -0.0856. The molecule has 1 aromatic carbocycles. The van der Waals surface area contributed by atoms with E-state index < -0.39 is 0 Å². The van der Waals surface area contributed by atoms with Crippen LogP contribution in [0.15, 0.2) is 18.2 Å². The van der Waals surface area contributed by atoms with Crippen molar-refractivity contribution < 1.29 is 9.90 Å². The van der Waals surface area contributed by atoms with Crippen molar-refractivity contribution in [1.82, 2.24) is 5.32 Å². The summed E-state index contributed by atoms with van der Waals surface area (Å²) < 4.78 is 0. The zero-order valence-electron chi connectivity index (χ0n) is 13.6. The molecule has 3 N–H and O–H groups in total. The monoisotopic (exact) mass is 314 g/mol. The van der Waals surface area contributed by atoms with E-state index in [-0.39, 0.29) is 18.2 Å². The Kier molecular flexibility index (Phi) is 3.80. The van der Waals surface area contributed by atoms with Crippen LogP contribution in [0.4, 0.5) is 10.5 Å². The number of nitrogens with one attached hydrogen (secondary N) is 2. The summed E-state index contributed by atoms with van der Waals surface area (Å²) in [6.45, 7) is 0. The number of aryl methyl sites for hydroxylation is 2. The van der Waals surface area contributed by atoms with Gasteiger partial charge in [0.2, 0.25) is 0 Å². The first kappa shape index (κ1) is 15.0. The number of hydrogen-bond acceptors (Lipinski definition) is 2. The molecule has 2 saturated carbocycles. The molecule has 1 spiro atoms. The Morgan fingerprint density at radius 2 is 1.87 bits per heavy atom. The van der Waals surface area contributed by atoms with Gasteiger partial charge in [0, 0.05) is 11.7 Å². The summed E-state index contributed by atoms with van der Waals surface area (Å²) in [5.41, 5.74) is 4.09. The second kappa shape index (κ2) is 5.82. The maximum absolute atomic E-state index is 12.2. The number of carbonyl (C=O) groups excluding carboxylic acids is 1. The van der Waals surface area contributed by atoms with Crippen LogP contribution in [-0.4, -0.2) is 23.3 Å². The zero-order chi connectivity index (χ0) is 15.9. The van der Waals surface area contributed by atoms with Gasteiger partial charge in [0.1, 0.15) is 0 Å². The van der Waals surface area contributed by atoms with Crippen molar-refractivity contribution in [3.8, 4) is 0 Å². The molecule has 0 saturated heterocycles. The molecule has 4 heteroatoms. The van der Waals surface area contributed by atoms with Gasteiger partial charge in [0.05, 0.1) is 6.10 Å². The molecule has 3 aliphatic rings. The number of amides is 2. The third-order valence-corrected chi connectivity index (χ3v) is 6.08. The topological polar surface area (TPSA) is 61.4 Å². The highest BCUT2D eigenvalue weighted by Crippen LogP contribution is 2.51. The summed E-state index contributed by atoms with van der Waals surface area (Å²) in [7, 11) is 0. The van der Waals surface area contributed by atoms with Crippen molar-refractivity contribution in [3.05, 3.63) is 29.3 Å². The second-order valence-corrected chi connectivity index (χ2v) is 7.77. The van der Waals surface area contributed by atoms with Crippen LogP contribution in [0.25, 0.3) is 0 Å². The van der Waals surface area contributed by atoms with Crippen molar-refractivity contribution >= 4 is 11.7 Å². The SMILES string of the molecule is O=C(Nc1ccc2c(c1)CCC2)NC1CCC2(CC1)CC(O)C2. The smallest absolute Gasteiger partial charge is 0.319 e. The largest absolute Gasteiger partial charge is 0.393 e. The van der Waals surface area contributed by atoms with E-state index in [0.717, 1.165) is 50.6 Å². The molecule has 0 aromatic heterocycles. The highest BCUT2D eigenvalue weighted by Gasteiger charge is 2.45. The Bertz CT molecular complexity index is 597. The molecule has 2 fully saturated rings. The van der Waals surface area contributed by atoms with Gasteiger partial charge in [0.25, 0.3) is 0 Å². The van der Waals surface area contributed by atoms with E-state index in [9.17, 15) is 9.90 Å². The average molecular weight is 314 g/mol.